The van der Waals surface area contributed by atoms with Crippen molar-refractivity contribution in [1.29, 1.82) is 0 Å². The maximum Gasteiger partial charge on any atom is 0.340 e. The summed E-state index contributed by atoms with van der Waals surface area (Å²) in [5.41, 5.74) is 0.319. The van der Waals surface area contributed by atoms with E-state index < -0.39 is 11.8 Å². The zero-order valence-corrected chi connectivity index (χ0v) is 11.4. The molecule has 2 fully saturated rings. The fourth-order valence-corrected chi connectivity index (χ4v) is 3.36. The maximum atomic E-state index is 13.8. The fourth-order valence-electron chi connectivity index (χ4n) is 3.36. The molecule has 4 nitrogen and oxygen atoms in total. The van der Waals surface area contributed by atoms with Gasteiger partial charge in [-0.1, -0.05) is 12.5 Å². The Labute approximate surface area is 117 Å². The highest BCUT2D eigenvalue weighted by Gasteiger charge is 2.31. The lowest BCUT2D eigenvalue weighted by molar-refractivity contribution is 0.0691. The summed E-state index contributed by atoms with van der Waals surface area (Å²) >= 11 is 0. The molecule has 2 aliphatic rings. The van der Waals surface area contributed by atoms with Crippen LogP contribution < -0.4 is 4.90 Å². The summed E-state index contributed by atoms with van der Waals surface area (Å²) in [5.74, 6) is -1.84. The molecule has 2 saturated heterocycles. The molecule has 1 atom stereocenters. The van der Waals surface area contributed by atoms with Crippen LogP contribution in [0.4, 0.5) is 10.1 Å². The van der Waals surface area contributed by atoms with E-state index in [0.717, 1.165) is 32.6 Å². The van der Waals surface area contributed by atoms with Gasteiger partial charge in [0.05, 0.1) is 5.69 Å². The van der Waals surface area contributed by atoms with E-state index in [1.165, 1.54) is 18.9 Å². The van der Waals surface area contributed by atoms with E-state index in [4.69, 9.17) is 0 Å². The first kappa shape index (κ1) is 13.4. The normalized spacial score (nSPS) is 23.4. The van der Waals surface area contributed by atoms with Gasteiger partial charge < -0.3 is 10.0 Å². The molecule has 1 aromatic carbocycles. The van der Waals surface area contributed by atoms with Crippen LogP contribution in [0, 0.1) is 5.82 Å². The molecule has 0 aromatic heterocycles. The molecule has 5 heteroatoms. The minimum atomic E-state index is -1.19. The Morgan fingerprint density at radius 3 is 2.90 bits per heavy atom. The van der Waals surface area contributed by atoms with Gasteiger partial charge in [-0.3, -0.25) is 4.90 Å². The predicted octanol–water partition coefficient (Wildman–Crippen LogP) is 2.20. The Kier molecular flexibility index (Phi) is 3.61. The molecule has 0 amide bonds. The molecule has 2 heterocycles. The highest BCUT2D eigenvalue weighted by molar-refractivity contribution is 5.94. The summed E-state index contributed by atoms with van der Waals surface area (Å²) in [7, 11) is 0. The van der Waals surface area contributed by atoms with Gasteiger partial charge in [0.1, 0.15) is 11.4 Å². The third-order valence-corrected chi connectivity index (χ3v) is 4.38. The van der Waals surface area contributed by atoms with Gasteiger partial charge in [0.15, 0.2) is 0 Å². The summed E-state index contributed by atoms with van der Waals surface area (Å²) in [6.07, 6.45) is 3.62. The monoisotopic (exact) mass is 278 g/mol. The van der Waals surface area contributed by atoms with Gasteiger partial charge in [0, 0.05) is 25.7 Å². The second kappa shape index (κ2) is 5.40. The third-order valence-electron chi connectivity index (χ3n) is 4.38. The average molecular weight is 278 g/mol. The number of anilines is 1. The first-order valence-electron chi connectivity index (χ1n) is 7.17. The fraction of sp³-hybridized carbons (Fsp3) is 0.533. The van der Waals surface area contributed by atoms with Gasteiger partial charge >= 0.3 is 5.97 Å². The Bertz CT molecular complexity index is 521. The number of nitrogens with zero attached hydrogens (tertiary/aromatic N) is 2. The van der Waals surface area contributed by atoms with Crippen molar-refractivity contribution in [2.24, 2.45) is 0 Å². The third kappa shape index (κ3) is 2.38. The number of hydrogen-bond donors (Lipinski definition) is 1. The molecule has 20 heavy (non-hydrogen) atoms. The maximum absolute atomic E-state index is 13.8. The summed E-state index contributed by atoms with van der Waals surface area (Å²) in [5, 5.41) is 9.23. The van der Waals surface area contributed by atoms with Crippen molar-refractivity contribution in [3.63, 3.8) is 0 Å². The zero-order valence-electron chi connectivity index (χ0n) is 11.4. The molecule has 3 rings (SSSR count). The van der Waals surface area contributed by atoms with Gasteiger partial charge in [0.2, 0.25) is 0 Å². The summed E-state index contributed by atoms with van der Waals surface area (Å²) in [6.45, 7) is 3.62. The Balaban J connectivity index is 1.86. The van der Waals surface area contributed by atoms with Crippen LogP contribution in [-0.2, 0) is 0 Å². The number of carboxylic acid groups (broad SMARTS) is 1. The van der Waals surface area contributed by atoms with E-state index in [0.29, 0.717) is 11.7 Å². The molecule has 0 saturated carbocycles. The van der Waals surface area contributed by atoms with Crippen LogP contribution in [0.15, 0.2) is 18.2 Å². The minimum absolute atomic E-state index is 0.197. The van der Waals surface area contributed by atoms with Crippen molar-refractivity contribution < 1.29 is 14.3 Å². The van der Waals surface area contributed by atoms with Crippen molar-refractivity contribution in [3.05, 3.63) is 29.6 Å². The quantitative estimate of drug-likeness (QED) is 0.900. The number of benzene rings is 1. The molecule has 0 bridgehead atoms. The number of halogens is 1. The number of hydrogen-bond acceptors (Lipinski definition) is 3. The van der Waals surface area contributed by atoms with Crippen molar-refractivity contribution in [3.8, 4) is 0 Å². The Hall–Kier alpha value is -1.62. The van der Waals surface area contributed by atoms with Gasteiger partial charge in [-0.15, -0.1) is 0 Å². The van der Waals surface area contributed by atoms with Gasteiger partial charge in [0.25, 0.3) is 0 Å². The highest BCUT2D eigenvalue weighted by Crippen LogP contribution is 2.28. The molecular weight excluding hydrogens is 259 g/mol. The second-order valence-corrected chi connectivity index (χ2v) is 5.57. The van der Waals surface area contributed by atoms with E-state index in [2.05, 4.69) is 4.90 Å². The molecule has 1 unspecified atom stereocenters. The summed E-state index contributed by atoms with van der Waals surface area (Å²) in [6, 6.07) is 4.99. The minimum Gasteiger partial charge on any atom is -0.478 e. The number of carbonyl (C=O) groups is 1. The lowest BCUT2D eigenvalue weighted by Crippen LogP contribution is -2.55. The number of piperidine rings is 1. The van der Waals surface area contributed by atoms with E-state index in [1.807, 2.05) is 4.90 Å². The van der Waals surface area contributed by atoms with E-state index in [9.17, 15) is 14.3 Å². The van der Waals surface area contributed by atoms with Crippen molar-refractivity contribution in [1.82, 2.24) is 4.90 Å². The van der Waals surface area contributed by atoms with Crippen LogP contribution in [-0.4, -0.2) is 48.2 Å². The molecule has 0 spiro atoms. The highest BCUT2D eigenvalue weighted by atomic mass is 19.1. The van der Waals surface area contributed by atoms with Crippen LogP contribution >= 0.6 is 0 Å². The Morgan fingerprint density at radius 2 is 2.10 bits per heavy atom. The topological polar surface area (TPSA) is 43.8 Å². The Morgan fingerprint density at radius 1 is 1.25 bits per heavy atom. The lowest BCUT2D eigenvalue weighted by atomic mass is 9.98. The number of carboxylic acids is 1. The first-order valence-corrected chi connectivity index (χ1v) is 7.17. The van der Waals surface area contributed by atoms with Crippen LogP contribution in [0.5, 0.6) is 0 Å². The second-order valence-electron chi connectivity index (χ2n) is 5.57. The van der Waals surface area contributed by atoms with Crippen LogP contribution in [0.1, 0.15) is 29.6 Å². The van der Waals surface area contributed by atoms with Gasteiger partial charge in [-0.2, -0.15) is 0 Å². The van der Waals surface area contributed by atoms with Crippen molar-refractivity contribution in [2.45, 2.75) is 25.3 Å². The number of rotatable bonds is 2. The van der Waals surface area contributed by atoms with Gasteiger partial charge in [-0.05, 0) is 31.5 Å². The van der Waals surface area contributed by atoms with Crippen molar-refractivity contribution >= 4 is 11.7 Å². The summed E-state index contributed by atoms with van der Waals surface area (Å²) in [4.78, 5) is 15.8. The van der Waals surface area contributed by atoms with E-state index in [1.54, 1.807) is 12.1 Å². The van der Waals surface area contributed by atoms with Gasteiger partial charge in [-0.25, -0.2) is 9.18 Å². The lowest BCUT2D eigenvalue weighted by Gasteiger charge is -2.45. The largest absolute Gasteiger partial charge is 0.478 e. The summed E-state index contributed by atoms with van der Waals surface area (Å²) < 4.78 is 13.8. The number of fused-ring (bicyclic) bond motifs is 1. The van der Waals surface area contributed by atoms with Crippen LogP contribution in [0.2, 0.25) is 0 Å². The average Bonchev–Trinajstić information content (AvgIpc) is 2.46. The molecular formula is C15H19FN2O2. The number of piperazine rings is 1. The van der Waals surface area contributed by atoms with Crippen LogP contribution in [0.25, 0.3) is 0 Å². The molecule has 1 N–H and O–H groups in total. The van der Waals surface area contributed by atoms with Crippen molar-refractivity contribution in [2.75, 3.05) is 31.1 Å². The number of aromatic carboxylic acids is 1. The molecule has 2 aliphatic heterocycles. The first-order chi connectivity index (χ1) is 9.66. The smallest absolute Gasteiger partial charge is 0.340 e. The van der Waals surface area contributed by atoms with E-state index in [-0.39, 0.29) is 5.56 Å². The molecule has 108 valence electrons. The van der Waals surface area contributed by atoms with Crippen LogP contribution in [0.3, 0.4) is 0 Å². The molecule has 0 radical (unpaired) electrons. The van der Waals surface area contributed by atoms with E-state index >= 15 is 0 Å². The molecule has 0 aliphatic carbocycles. The zero-order chi connectivity index (χ0) is 14.1. The standard InChI is InChI=1S/C15H19FN2O2/c16-12-5-3-6-13(14(12)15(19)20)18-9-8-17-7-2-1-4-11(17)10-18/h3,5-6,11H,1-2,4,7-10H2,(H,19,20). The SMILES string of the molecule is O=C(O)c1c(F)cccc1N1CCN2CCCCC2C1. The predicted molar refractivity (Wildman–Crippen MR) is 74.8 cm³/mol. The molecule has 1 aromatic rings.